The van der Waals surface area contributed by atoms with E-state index in [-0.39, 0.29) is 30.7 Å². The number of anilines is 1. The van der Waals surface area contributed by atoms with Crippen LogP contribution in [-0.4, -0.2) is 32.3 Å². The molecule has 3 aliphatic carbocycles. The van der Waals surface area contributed by atoms with E-state index in [1.54, 1.807) is 12.4 Å². The lowest BCUT2D eigenvalue weighted by Crippen LogP contribution is -2.58. The third-order valence-electron chi connectivity index (χ3n) is 7.11. The molecule has 4 aliphatic rings. The van der Waals surface area contributed by atoms with Crippen LogP contribution in [0.4, 0.5) is 11.8 Å². The largest absolute Gasteiger partial charge is 0.492 e. The van der Waals surface area contributed by atoms with Crippen LogP contribution in [0.3, 0.4) is 0 Å². The van der Waals surface area contributed by atoms with Crippen molar-refractivity contribution in [1.29, 1.82) is 0 Å². The molecule has 3 saturated carbocycles. The maximum Gasteiger partial charge on any atom is 0.238 e. The molecule has 0 saturated heterocycles. The Bertz CT molecular complexity index is 968. The van der Waals surface area contributed by atoms with E-state index in [1.807, 2.05) is 18.2 Å². The molecule has 3 N–H and O–H groups in total. The van der Waals surface area contributed by atoms with Crippen LogP contribution in [0.1, 0.15) is 44.9 Å². The van der Waals surface area contributed by atoms with Gasteiger partial charge in [-0.15, -0.1) is 24.8 Å². The summed E-state index contributed by atoms with van der Waals surface area (Å²) < 4.78 is 0. The highest BCUT2D eigenvalue weighted by atomic mass is 35.5. The van der Waals surface area contributed by atoms with Crippen molar-refractivity contribution < 1.29 is 5.11 Å². The van der Waals surface area contributed by atoms with Crippen molar-refractivity contribution >= 4 is 54.4 Å². The van der Waals surface area contributed by atoms with Crippen molar-refractivity contribution in [2.24, 2.45) is 28.2 Å². The molecule has 0 amide bonds. The van der Waals surface area contributed by atoms with Gasteiger partial charge in [0.1, 0.15) is 5.69 Å². The van der Waals surface area contributed by atoms with Gasteiger partial charge in [0, 0.05) is 29.6 Å². The highest BCUT2D eigenvalue weighted by molar-refractivity contribution is 6.20. The summed E-state index contributed by atoms with van der Waals surface area (Å²) in [6.07, 6.45) is 7.87. The normalized spacial score (nSPS) is 29.4. The van der Waals surface area contributed by atoms with Gasteiger partial charge in [-0.25, -0.2) is 9.98 Å². The van der Waals surface area contributed by atoms with Crippen LogP contribution in [0.2, 0.25) is 0 Å². The average Bonchev–Trinajstić information content (AvgIpc) is 3.20. The zero-order valence-electron chi connectivity index (χ0n) is 16.7. The molecule has 0 radical (unpaired) electrons. The summed E-state index contributed by atoms with van der Waals surface area (Å²) in [5, 5.41) is 13.8. The Morgan fingerprint density at radius 3 is 2.79 bits per heavy atom. The zero-order chi connectivity index (χ0) is 18.8. The lowest BCUT2D eigenvalue weighted by atomic mass is 9.45. The van der Waals surface area contributed by atoms with Gasteiger partial charge in [0.05, 0.1) is 0 Å². The summed E-state index contributed by atoms with van der Waals surface area (Å²) >= 11 is 0. The number of nitrogens with zero attached hydrogens (tertiary/aromatic N) is 3. The third-order valence-corrected chi connectivity index (χ3v) is 7.11. The van der Waals surface area contributed by atoms with Gasteiger partial charge in [-0.1, -0.05) is 20.8 Å². The van der Waals surface area contributed by atoms with Crippen molar-refractivity contribution in [3.63, 3.8) is 0 Å². The average molecular weight is 436 g/mol. The van der Waals surface area contributed by atoms with Crippen LogP contribution in [0.5, 0.6) is 5.88 Å². The first-order chi connectivity index (χ1) is 12.9. The number of hydrogen-bond acceptors (Lipinski definition) is 5. The SMILES string of the molecule is C[C@H]1[C@H]2C[C@H](C[C@H]1Nc1nc(O)c(C=C3C=Nc4ncccc43)[nH]1)C2(C)C.Cl.Cl. The van der Waals surface area contributed by atoms with Crippen LogP contribution >= 0.6 is 24.8 Å². The number of hydrogen-bond donors (Lipinski definition) is 3. The van der Waals surface area contributed by atoms with Crippen LogP contribution < -0.4 is 5.32 Å². The van der Waals surface area contributed by atoms with Crippen LogP contribution in [0.15, 0.2) is 23.3 Å². The summed E-state index contributed by atoms with van der Waals surface area (Å²) in [6.45, 7) is 7.14. The van der Waals surface area contributed by atoms with E-state index in [1.165, 1.54) is 6.42 Å². The van der Waals surface area contributed by atoms with Gasteiger partial charge in [0.25, 0.3) is 0 Å². The van der Waals surface area contributed by atoms with Crippen molar-refractivity contribution in [3.8, 4) is 5.88 Å². The molecule has 0 spiro atoms. The van der Waals surface area contributed by atoms with E-state index in [4.69, 9.17) is 0 Å². The van der Waals surface area contributed by atoms with E-state index < -0.39 is 0 Å². The number of H-pyrrole nitrogens is 1. The third kappa shape index (κ3) is 3.42. The van der Waals surface area contributed by atoms with Crippen LogP contribution in [0.25, 0.3) is 11.6 Å². The molecular formula is C21H27Cl2N5O. The molecule has 4 atom stereocenters. The number of aromatic hydroxyl groups is 1. The quantitative estimate of drug-likeness (QED) is 0.626. The molecule has 3 fully saturated rings. The summed E-state index contributed by atoms with van der Waals surface area (Å²) in [5.41, 5.74) is 2.92. The van der Waals surface area contributed by atoms with Gasteiger partial charge in [-0.05, 0) is 54.2 Å². The number of allylic oxidation sites excluding steroid dienone is 1. The highest BCUT2D eigenvalue weighted by Gasteiger charge is 2.56. The van der Waals surface area contributed by atoms with Crippen molar-refractivity contribution in [1.82, 2.24) is 15.0 Å². The molecule has 1 aliphatic heterocycles. The van der Waals surface area contributed by atoms with Crippen molar-refractivity contribution in [2.45, 2.75) is 39.7 Å². The molecule has 6 rings (SSSR count). The van der Waals surface area contributed by atoms with Crippen LogP contribution in [0, 0.1) is 23.2 Å². The Morgan fingerprint density at radius 1 is 1.28 bits per heavy atom. The molecule has 2 aromatic rings. The molecule has 2 bridgehead atoms. The number of halogens is 2. The van der Waals surface area contributed by atoms with Gasteiger partial charge < -0.3 is 15.4 Å². The van der Waals surface area contributed by atoms with Crippen molar-refractivity contribution in [3.05, 3.63) is 29.6 Å². The molecule has 0 unspecified atom stereocenters. The number of aliphatic imine (C=N–C) groups is 1. The van der Waals surface area contributed by atoms with Gasteiger partial charge in [0.2, 0.25) is 11.8 Å². The molecule has 29 heavy (non-hydrogen) atoms. The fourth-order valence-corrected chi connectivity index (χ4v) is 5.26. The Labute approximate surface area is 183 Å². The minimum atomic E-state index is 0. The number of pyridine rings is 1. The number of rotatable bonds is 3. The first-order valence-corrected chi connectivity index (χ1v) is 9.70. The Morgan fingerprint density at radius 2 is 2.07 bits per heavy atom. The lowest BCUT2D eigenvalue weighted by Gasteiger charge is -2.62. The van der Waals surface area contributed by atoms with Crippen molar-refractivity contribution in [2.75, 3.05) is 5.32 Å². The van der Waals surface area contributed by atoms with Crippen LogP contribution in [-0.2, 0) is 0 Å². The molecule has 0 aromatic carbocycles. The number of fused-ring (bicyclic) bond motifs is 3. The number of aromatic amines is 1. The predicted octanol–water partition coefficient (Wildman–Crippen LogP) is 5.09. The van der Waals surface area contributed by atoms with E-state index in [9.17, 15) is 5.11 Å². The first kappa shape index (κ1) is 21.7. The van der Waals surface area contributed by atoms with Gasteiger partial charge in [0.15, 0.2) is 5.82 Å². The minimum Gasteiger partial charge on any atom is -0.492 e. The maximum atomic E-state index is 10.3. The molecule has 3 heterocycles. The molecular weight excluding hydrogens is 409 g/mol. The maximum absolute atomic E-state index is 10.3. The van der Waals surface area contributed by atoms with E-state index in [0.29, 0.717) is 34.8 Å². The molecule has 156 valence electrons. The van der Waals surface area contributed by atoms with E-state index in [0.717, 1.165) is 29.4 Å². The molecule has 8 heteroatoms. The zero-order valence-corrected chi connectivity index (χ0v) is 18.3. The Hall–Kier alpha value is -2.05. The Kier molecular flexibility index (Phi) is 5.71. The second-order valence-corrected chi connectivity index (χ2v) is 8.76. The monoisotopic (exact) mass is 435 g/mol. The summed E-state index contributed by atoms with van der Waals surface area (Å²) in [7, 11) is 0. The summed E-state index contributed by atoms with van der Waals surface area (Å²) in [5.74, 6) is 3.48. The standard InChI is InChI=1S/C21H25N5O.2ClH/c1-11-15-8-13(21(15,2)3)9-16(11)24-20-25-17(19(27)26-20)7-12-10-23-18-14(12)5-4-6-22-18;;/h4-7,10-11,13,15-16,27H,8-9H2,1-3H3,(H2,24,25,26);2*1H/t11-,13+,15+,16+;;/m0../s1. The second-order valence-electron chi connectivity index (χ2n) is 8.76. The minimum absolute atomic E-state index is 0. The predicted molar refractivity (Wildman–Crippen MR) is 122 cm³/mol. The number of nitrogens with one attached hydrogen (secondary N) is 2. The van der Waals surface area contributed by atoms with E-state index >= 15 is 0 Å². The molecule has 6 nitrogen and oxygen atoms in total. The summed E-state index contributed by atoms with van der Waals surface area (Å²) in [4.78, 5) is 16.1. The van der Waals surface area contributed by atoms with Gasteiger partial charge >= 0.3 is 0 Å². The highest BCUT2D eigenvalue weighted by Crippen LogP contribution is 2.61. The molecule has 2 aromatic heterocycles. The van der Waals surface area contributed by atoms with Gasteiger partial charge in [-0.2, -0.15) is 4.98 Å². The van der Waals surface area contributed by atoms with E-state index in [2.05, 4.69) is 46.0 Å². The fraction of sp³-hybridized carbons (Fsp3) is 0.476. The fourth-order valence-electron chi connectivity index (χ4n) is 5.26. The smallest absolute Gasteiger partial charge is 0.238 e. The Balaban J connectivity index is 0.00000120. The van der Waals surface area contributed by atoms with Gasteiger partial charge in [-0.3, -0.25) is 0 Å². The number of imidazole rings is 1. The number of aromatic nitrogens is 3. The first-order valence-electron chi connectivity index (χ1n) is 9.70. The lowest BCUT2D eigenvalue weighted by molar-refractivity contribution is -0.105. The second kappa shape index (κ2) is 7.65. The topological polar surface area (TPSA) is 86.2 Å². The summed E-state index contributed by atoms with van der Waals surface area (Å²) in [6, 6.07) is 4.26.